The fraction of sp³-hybridized carbons (Fsp3) is 0.500. The highest BCUT2D eigenvalue weighted by atomic mass is 35.5. The van der Waals surface area contributed by atoms with E-state index in [4.69, 9.17) is 16.1 Å². The van der Waals surface area contributed by atoms with Gasteiger partial charge in [0.15, 0.2) is 5.82 Å². The first-order valence-electron chi connectivity index (χ1n) is 9.09. The number of sulfonamides is 1. The Bertz CT molecular complexity index is 1020. The quantitative estimate of drug-likeness (QED) is 0.759. The van der Waals surface area contributed by atoms with Crippen LogP contribution in [0, 0.1) is 18.7 Å². The molecule has 1 aliphatic heterocycles. The predicted molar refractivity (Wildman–Crippen MR) is 103 cm³/mol. The van der Waals surface area contributed by atoms with Crippen LogP contribution in [0.4, 0.5) is 4.39 Å². The number of aromatic nitrogens is 2. The summed E-state index contributed by atoms with van der Waals surface area (Å²) in [5.74, 6) is -0.441. The molecule has 0 radical (unpaired) electrons. The Morgan fingerprint density at radius 1 is 1.34 bits per heavy atom. The van der Waals surface area contributed by atoms with Gasteiger partial charge in [-0.3, -0.25) is 4.79 Å². The SMILES string of the molecule is Cc1nc(C(C)(C)NC(=O)C2CCN(S(=O)(=O)c3ccc(F)c(Cl)c3)CC2)no1. The first kappa shape index (κ1) is 21.7. The van der Waals surface area contributed by atoms with Gasteiger partial charge in [-0.1, -0.05) is 16.8 Å². The molecule has 1 fully saturated rings. The number of nitrogens with one attached hydrogen (secondary N) is 1. The summed E-state index contributed by atoms with van der Waals surface area (Å²) in [6, 6.07) is 3.31. The molecule has 0 bridgehead atoms. The molecule has 0 atom stereocenters. The number of hydrogen-bond donors (Lipinski definition) is 1. The highest BCUT2D eigenvalue weighted by Crippen LogP contribution is 2.27. The van der Waals surface area contributed by atoms with Gasteiger partial charge in [-0.25, -0.2) is 12.8 Å². The van der Waals surface area contributed by atoms with E-state index in [2.05, 4.69) is 15.5 Å². The van der Waals surface area contributed by atoms with Crippen LogP contribution in [0.3, 0.4) is 0 Å². The van der Waals surface area contributed by atoms with Gasteiger partial charge >= 0.3 is 0 Å². The first-order valence-corrected chi connectivity index (χ1v) is 10.9. The topological polar surface area (TPSA) is 105 Å². The predicted octanol–water partition coefficient (Wildman–Crippen LogP) is 2.62. The number of nitrogens with zero attached hydrogens (tertiary/aromatic N) is 3. The van der Waals surface area contributed by atoms with Crippen LogP contribution in [0.25, 0.3) is 0 Å². The largest absolute Gasteiger partial charge is 0.344 e. The Hall–Kier alpha value is -2.04. The molecule has 1 N–H and O–H groups in total. The number of carbonyl (C=O) groups is 1. The zero-order valence-corrected chi connectivity index (χ0v) is 17.8. The number of rotatable bonds is 5. The van der Waals surface area contributed by atoms with Crippen LogP contribution in [0.2, 0.25) is 5.02 Å². The molecule has 0 spiro atoms. The summed E-state index contributed by atoms with van der Waals surface area (Å²) in [6.07, 6.45) is 0.725. The minimum atomic E-state index is -3.81. The van der Waals surface area contributed by atoms with Gasteiger partial charge in [-0.2, -0.15) is 9.29 Å². The van der Waals surface area contributed by atoms with E-state index in [1.165, 1.54) is 10.4 Å². The van der Waals surface area contributed by atoms with Crippen LogP contribution in [-0.4, -0.2) is 41.9 Å². The Morgan fingerprint density at radius 3 is 2.55 bits per heavy atom. The smallest absolute Gasteiger partial charge is 0.243 e. The van der Waals surface area contributed by atoms with Crippen molar-refractivity contribution in [1.29, 1.82) is 0 Å². The van der Waals surface area contributed by atoms with Crippen molar-refractivity contribution >= 4 is 27.5 Å². The van der Waals surface area contributed by atoms with E-state index in [1.54, 1.807) is 20.8 Å². The van der Waals surface area contributed by atoms with Crippen LogP contribution in [-0.2, 0) is 20.4 Å². The average molecular weight is 445 g/mol. The van der Waals surface area contributed by atoms with E-state index in [-0.39, 0.29) is 34.8 Å². The van der Waals surface area contributed by atoms with Crippen molar-refractivity contribution in [3.63, 3.8) is 0 Å². The number of aryl methyl sites for hydroxylation is 1. The highest BCUT2D eigenvalue weighted by Gasteiger charge is 2.35. The van der Waals surface area contributed by atoms with Gasteiger partial charge in [-0.05, 0) is 44.9 Å². The Kier molecular flexibility index (Phi) is 5.98. The third-order valence-corrected chi connectivity index (χ3v) is 7.06. The number of benzene rings is 1. The van der Waals surface area contributed by atoms with Crippen LogP contribution in [0.5, 0.6) is 0 Å². The molecule has 2 aromatic rings. The number of hydrogen-bond acceptors (Lipinski definition) is 6. The van der Waals surface area contributed by atoms with Crippen LogP contribution in [0.15, 0.2) is 27.6 Å². The van der Waals surface area contributed by atoms with Crippen molar-refractivity contribution < 1.29 is 22.1 Å². The van der Waals surface area contributed by atoms with Crippen LogP contribution < -0.4 is 5.32 Å². The van der Waals surface area contributed by atoms with Crippen molar-refractivity contribution in [2.75, 3.05) is 13.1 Å². The maximum absolute atomic E-state index is 13.3. The summed E-state index contributed by atoms with van der Waals surface area (Å²) < 4.78 is 45.1. The normalized spacial score (nSPS) is 16.7. The molecule has 3 rings (SSSR count). The lowest BCUT2D eigenvalue weighted by atomic mass is 9.95. The fourth-order valence-corrected chi connectivity index (χ4v) is 4.91. The molecular formula is C18H22ClFN4O4S. The summed E-state index contributed by atoms with van der Waals surface area (Å²) >= 11 is 5.71. The third kappa shape index (κ3) is 4.59. The maximum atomic E-state index is 13.3. The molecule has 11 heteroatoms. The first-order chi connectivity index (χ1) is 13.5. The number of halogens is 2. The lowest BCUT2D eigenvalue weighted by molar-refractivity contribution is -0.128. The molecule has 8 nitrogen and oxygen atoms in total. The lowest BCUT2D eigenvalue weighted by Crippen LogP contribution is -2.48. The molecule has 1 amide bonds. The third-order valence-electron chi connectivity index (χ3n) is 4.88. The number of carbonyl (C=O) groups excluding carboxylic acids is 1. The van der Waals surface area contributed by atoms with Crippen molar-refractivity contribution in [1.82, 2.24) is 19.8 Å². The zero-order valence-electron chi connectivity index (χ0n) is 16.3. The number of piperidine rings is 1. The van der Waals surface area contributed by atoms with Crippen molar-refractivity contribution in [2.45, 2.75) is 44.0 Å². The second-order valence-electron chi connectivity index (χ2n) is 7.51. The average Bonchev–Trinajstić information content (AvgIpc) is 3.11. The molecule has 1 aliphatic rings. The molecule has 0 aliphatic carbocycles. The highest BCUT2D eigenvalue weighted by molar-refractivity contribution is 7.89. The van der Waals surface area contributed by atoms with E-state index >= 15 is 0 Å². The molecule has 1 aromatic carbocycles. The monoisotopic (exact) mass is 444 g/mol. The Labute approximate surface area is 173 Å². The molecule has 1 aromatic heterocycles. The molecule has 2 heterocycles. The summed E-state index contributed by atoms with van der Waals surface area (Å²) in [7, 11) is -3.81. The van der Waals surface area contributed by atoms with E-state index in [9.17, 15) is 17.6 Å². The standard InChI is InChI=1S/C18H22ClFN4O4S/c1-11-21-17(23-28-11)18(2,3)22-16(25)12-6-8-24(9-7-12)29(26,27)13-4-5-15(20)14(19)10-13/h4-5,10,12H,6-9H2,1-3H3,(H,22,25). The van der Waals surface area contributed by atoms with E-state index < -0.39 is 21.4 Å². The van der Waals surface area contributed by atoms with Gasteiger partial charge in [0.1, 0.15) is 5.82 Å². The minimum Gasteiger partial charge on any atom is -0.344 e. The van der Waals surface area contributed by atoms with Crippen LogP contribution in [0.1, 0.15) is 38.4 Å². The molecule has 0 saturated carbocycles. The molecule has 0 unspecified atom stereocenters. The molecule has 158 valence electrons. The van der Waals surface area contributed by atoms with Crippen molar-refractivity contribution in [2.24, 2.45) is 5.92 Å². The second-order valence-corrected chi connectivity index (χ2v) is 9.85. The van der Waals surface area contributed by atoms with E-state index in [0.29, 0.717) is 24.6 Å². The van der Waals surface area contributed by atoms with Crippen molar-refractivity contribution in [3.8, 4) is 0 Å². The lowest BCUT2D eigenvalue weighted by Gasteiger charge is -2.32. The summed E-state index contributed by atoms with van der Waals surface area (Å²) in [5.41, 5.74) is -0.817. The minimum absolute atomic E-state index is 0.0691. The van der Waals surface area contributed by atoms with Gasteiger partial charge in [0.25, 0.3) is 0 Å². The van der Waals surface area contributed by atoms with Crippen molar-refractivity contribution in [3.05, 3.63) is 40.8 Å². The van der Waals surface area contributed by atoms with Gasteiger partial charge in [0.05, 0.1) is 15.5 Å². The summed E-state index contributed by atoms with van der Waals surface area (Å²) in [4.78, 5) is 16.8. The molecular weight excluding hydrogens is 423 g/mol. The Balaban J connectivity index is 1.63. The van der Waals surface area contributed by atoms with Crippen LogP contribution >= 0.6 is 11.6 Å². The van der Waals surface area contributed by atoms with E-state index in [1.807, 2.05) is 0 Å². The van der Waals surface area contributed by atoms with Gasteiger partial charge in [0, 0.05) is 25.9 Å². The summed E-state index contributed by atoms with van der Waals surface area (Å²) in [6.45, 7) is 5.56. The molecule has 1 saturated heterocycles. The van der Waals surface area contributed by atoms with Gasteiger partial charge < -0.3 is 9.84 Å². The number of amides is 1. The second kappa shape index (κ2) is 8.00. The zero-order chi connectivity index (χ0) is 21.4. The summed E-state index contributed by atoms with van der Waals surface area (Å²) in [5, 5.41) is 6.50. The Morgan fingerprint density at radius 2 is 2.00 bits per heavy atom. The van der Waals surface area contributed by atoms with E-state index in [0.717, 1.165) is 12.1 Å². The van der Waals surface area contributed by atoms with Gasteiger partial charge in [-0.15, -0.1) is 0 Å². The maximum Gasteiger partial charge on any atom is 0.243 e. The molecule has 29 heavy (non-hydrogen) atoms. The van der Waals surface area contributed by atoms with Gasteiger partial charge in [0.2, 0.25) is 21.8 Å². The fourth-order valence-electron chi connectivity index (χ4n) is 3.16.